The molecule has 0 bridgehead atoms. The van der Waals surface area contributed by atoms with Crippen LogP contribution in [0.5, 0.6) is 11.5 Å². The number of amides is 4. The van der Waals surface area contributed by atoms with Crippen molar-refractivity contribution in [2.24, 2.45) is 0 Å². The highest BCUT2D eigenvalue weighted by atomic mass is 16.6. The van der Waals surface area contributed by atoms with E-state index >= 15 is 0 Å². The number of carbonyl (C=O) groups is 4. The normalized spacial score (nSPS) is 13.5. The van der Waals surface area contributed by atoms with Gasteiger partial charge in [-0.05, 0) is 75.7 Å². The van der Waals surface area contributed by atoms with Gasteiger partial charge in [-0.25, -0.2) is 4.79 Å². The number of hydrogen-bond donors (Lipinski definition) is 2. The second kappa shape index (κ2) is 11.8. The van der Waals surface area contributed by atoms with Crippen molar-refractivity contribution in [1.29, 1.82) is 0 Å². The number of para-hydroxylation sites is 1. The first-order valence-electron chi connectivity index (χ1n) is 12.7. The molecule has 9 nitrogen and oxygen atoms in total. The number of fused-ring (bicyclic) bond motifs is 1. The summed E-state index contributed by atoms with van der Waals surface area (Å²) in [6.45, 7) is 5.10. The Morgan fingerprint density at radius 2 is 1.38 bits per heavy atom. The van der Waals surface area contributed by atoms with E-state index in [9.17, 15) is 19.2 Å². The molecule has 1 heterocycles. The molecule has 3 aromatic rings. The summed E-state index contributed by atoms with van der Waals surface area (Å²) >= 11 is 0. The van der Waals surface area contributed by atoms with Crippen LogP contribution in [0.2, 0.25) is 0 Å². The van der Waals surface area contributed by atoms with Crippen molar-refractivity contribution in [3.05, 3.63) is 90.0 Å². The fourth-order valence-electron chi connectivity index (χ4n) is 4.07. The molecule has 0 spiro atoms. The van der Waals surface area contributed by atoms with Gasteiger partial charge in [0.05, 0.1) is 17.2 Å². The van der Waals surface area contributed by atoms with Crippen LogP contribution in [-0.4, -0.2) is 46.9 Å². The Balaban J connectivity index is 1.37. The zero-order valence-electron chi connectivity index (χ0n) is 22.1. The Kier molecular flexibility index (Phi) is 8.29. The highest BCUT2D eigenvalue weighted by molar-refractivity contribution is 6.21. The topological polar surface area (TPSA) is 114 Å². The maximum atomic E-state index is 12.9. The molecule has 4 rings (SSSR count). The van der Waals surface area contributed by atoms with Crippen LogP contribution in [0.4, 0.5) is 10.5 Å². The number of alkyl carbamates (subject to hydrolysis) is 1. The Bertz CT molecular complexity index is 1310. The van der Waals surface area contributed by atoms with Gasteiger partial charge >= 0.3 is 6.09 Å². The molecule has 0 aromatic heterocycles. The molecule has 2 N–H and O–H groups in total. The maximum absolute atomic E-state index is 12.9. The van der Waals surface area contributed by atoms with Crippen molar-refractivity contribution in [2.75, 3.05) is 11.9 Å². The lowest BCUT2D eigenvalue weighted by atomic mass is 10.1. The number of carbonyl (C=O) groups excluding carboxylic acids is 4. The van der Waals surface area contributed by atoms with E-state index in [0.717, 1.165) is 4.90 Å². The molecule has 0 saturated carbocycles. The highest BCUT2D eigenvalue weighted by Crippen LogP contribution is 2.24. The molecule has 1 unspecified atom stereocenters. The SMILES string of the molecule is CC(C)(C)OC(=O)NC(CCC(=O)Nc1ccc(Oc2ccccc2)cc1)CN1C(=O)c2ccccc2C1=O. The van der Waals surface area contributed by atoms with Gasteiger partial charge in [-0.1, -0.05) is 30.3 Å². The number of hydrogen-bond acceptors (Lipinski definition) is 6. The van der Waals surface area contributed by atoms with E-state index in [1.165, 1.54) is 0 Å². The molecular weight excluding hydrogens is 498 g/mol. The maximum Gasteiger partial charge on any atom is 0.407 e. The van der Waals surface area contributed by atoms with E-state index in [1.54, 1.807) is 69.3 Å². The molecule has 0 fully saturated rings. The number of imide groups is 1. The number of anilines is 1. The summed E-state index contributed by atoms with van der Waals surface area (Å²) in [7, 11) is 0. The molecule has 39 heavy (non-hydrogen) atoms. The van der Waals surface area contributed by atoms with Gasteiger partial charge in [0.2, 0.25) is 5.91 Å². The van der Waals surface area contributed by atoms with Crippen molar-refractivity contribution in [2.45, 2.75) is 45.3 Å². The van der Waals surface area contributed by atoms with Gasteiger partial charge in [0, 0.05) is 18.7 Å². The summed E-state index contributed by atoms with van der Waals surface area (Å²) in [4.78, 5) is 52.0. The Labute approximate surface area is 227 Å². The van der Waals surface area contributed by atoms with Gasteiger partial charge in [0.15, 0.2) is 0 Å². The van der Waals surface area contributed by atoms with Crippen molar-refractivity contribution >= 4 is 29.5 Å². The predicted molar refractivity (Wildman–Crippen MR) is 146 cm³/mol. The molecule has 202 valence electrons. The van der Waals surface area contributed by atoms with E-state index in [0.29, 0.717) is 28.3 Å². The minimum Gasteiger partial charge on any atom is -0.457 e. The summed E-state index contributed by atoms with van der Waals surface area (Å²) in [5.41, 5.74) is 0.474. The standard InChI is InChI=1S/C30H31N3O6/c1-30(2,3)39-29(37)32-21(19-33-27(35)24-11-7-8-12-25(24)28(33)36)15-18-26(34)31-20-13-16-23(17-14-20)38-22-9-5-4-6-10-22/h4-14,16-17,21H,15,18-19H2,1-3H3,(H,31,34)(H,32,37). The molecule has 0 radical (unpaired) electrons. The lowest BCUT2D eigenvalue weighted by molar-refractivity contribution is -0.116. The second-order valence-electron chi connectivity index (χ2n) is 10.1. The minimum atomic E-state index is -0.738. The number of rotatable bonds is 9. The van der Waals surface area contributed by atoms with Crippen molar-refractivity contribution in [1.82, 2.24) is 10.2 Å². The lowest BCUT2D eigenvalue weighted by Crippen LogP contribution is -2.47. The van der Waals surface area contributed by atoms with Crippen LogP contribution in [0.15, 0.2) is 78.9 Å². The van der Waals surface area contributed by atoms with Gasteiger partial charge in [0.25, 0.3) is 11.8 Å². The summed E-state index contributed by atoms with van der Waals surface area (Å²) in [5, 5.41) is 5.53. The summed E-state index contributed by atoms with van der Waals surface area (Å²) in [6, 6.07) is 22.2. The molecule has 0 aliphatic carbocycles. The number of nitrogens with zero attached hydrogens (tertiary/aromatic N) is 1. The molecule has 3 aromatic carbocycles. The van der Waals surface area contributed by atoms with Gasteiger partial charge in [-0.2, -0.15) is 0 Å². The van der Waals surface area contributed by atoms with Gasteiger partial charge in [-0.3, -0.25) is 19.3 Å². The predicted octanol–water partition coefficient (Wildman–Crippen LogP) is 5.39. The lowest BCUT2D eigenvalue weighted by Gasteiger charge is -2.26. The van der Waals surface area contributed by atoms with Crippen molar-refractivity contribution in [3.8, 4) is 11.5 Å². The first-order valence-corrected chi connectivity index (χ1v) is 12.7. The zero-order chi connectivity index (χ0) is 28.0. The molecule has 1 aliphatic heterocycles. The molecule has 1 aliphatic rings. The number of benzene rings is 3. The van der Waals surface area contributed by atoms with Crippen LogP contribution in [-0.2, 0) is 9.53 Å². The van der Waals surface area contributed by atoms with E-state index in [4.69, 9.17) is 9.47 Å². The fourth-order valence-corrected chi connectivity index (χ4v) is 4.07. The van der Waals surface area contributed by atoms with E-state index in [1.807, 2.05) is 30.3 Å². The molecule has 0 saturated heterocycles. The quantitative estimate of drug-likeness (QED) is 0.360. The third kappa shape index (κ3) is 7.44. The molecule has 1 atom stereocenters. The Hall–Kier alpha value is -4.66. The average molecular weight is 530 g/mol. The first kappa shape index (κ1) is 27.4. The van der Waals surface area contributed by atoms with E-state index < -0.39 is 29.6 Å². The monoisotopic (exact) mass is 529 g/mol. The summed E-state index contributed by atoms with van der Waals surface area (Å²) in [6.07, 6.45) is -0.488. The average Bonchev–Trinajstić information content (AvgIpc) is 3.13. The smallest absolute Gasteiger partial charge is 0.407 e. The number of ether oxygens (including phenoxy) is 2. The third-order valence-electron chi connectivity index (χ3n) is 5.84. The summed E-state index contributed by atoms with van der Waals surface area (Å²) < 4.78 is 11.1. The van der Waals surface area contributed by atoms with Crippen molar-refractivity contribution in [3.63, 3.8) is 0 Å². The third-order valence-corrected chi connectivity index (χ3v) is 5.84. The van der Waals surface area contributed by atoms with Crippen LogP contribution < -0.4 is 15.4 Å². The zero-order valence-corrected chi connectivity index (χ0v) is 22.1. The Morgan fingerprint density at radius 1 is 0.821 bits per heavy atom. The van der Waals surface area contributed by atoms with Gasteiger partial charge < -0.3 is 20.1 Å². The van der Waals surface area contributed by atoms with Crippen LogP contribution in [0.3, 0.4) is 0 Å². The first-order chi connectivity index (χ1) is 18.6. The molecular formula is C30H31N3O6. The number of nitrogens with one attached hydrogen (secondary N) is 2. The largest absolute Gasteiger partial charge is 0.457 e. The molecule has 9 heteroatoms. The molecule has 4 amide bonds. The highest BCUT2D eigenvalue weighted by Gasteiger charge is 2.37. The van der Waals surface area contributed by atoms with Crippen LogP contribution in [0.1, 0.15) is 54.3 Å². The minimum absolute atomic E-state index is 0.0336. The van der Waals surface area contributed by atoms with Crippen LogP contribution >= 0.6 is 0 Å². The van der Waals surface area contributed by atoms with E-state index in [-0.39, 0.29) is 25.3 Å². The summed E-state index contributed by atoms with van der Waals surface area (Å²) in [5.74, 6) is 0.172. The second-order valence-corrected chi connectivity index (χ2v) is 10.1. The van der Waals surface area contributed by atoms with Gasteiger partial charge in [0.1, 0.15) is 17.1 Å². The van der Waals surface area contributed by atoms with Crippen LogP contribution in [0.25, 0.3) is 0 Å². The fraction of sp³-hybridized carbons (Fsp3) is 0.267. The van der Waals surface area contributed by atoms with Crippen molar-refractivity contribution < 1.29 is 28.7 Å². The van der Waals surface area contributed by atoms with Gasteiger partial charge in [-0.15, -0.1) is 0 Å². The van der Waals surface area contributed by atoms with E-state index in [2.05, 4.69) is 10.6 Å². The van der Waals surface area contributed by atoms with Crippen LogP contribution in [0, 0.1) is 0 Å². The Morgan fingerprint density at radius 3 is 1.97 bits per heavy atom.